The molecule has 0 radical (unpaired) electrons. The van der Waals surface area contributed by atoms with Crippen LogP contribution in [0.1, 0.15) is 6.42 Å². The Morgan fingerprint density at radius 2 is 2.14 bits per heavy atom. The molecule has 14 heavy (non-hydrogen) atoms. The standard InChI is InChI=1S/C9H12F3NO/c1-13-5-7-6(2-3-14-7)4-8(13)9(10,11)12/h2-3,6-8H,4-5H2,1H3. The van der Waals surface area contributed by atoms with Gasteiger partial charge in [-0.15, -0.1) is 0 Å². The van der Waals surface area contributed by atoms with E-state index >= 15 is 0 Å². The minimum absolute atomic E-state index is 0.0715. The number of fused-ring (bicyclic) bond motifs is 1. The van der Waals surface area contributed by atoms with Gasteiger partial charge in [-0.25, -0.2) is 0 Å². The number of piperidine rings is 1. The molecule has 0 spiro atoms. The van der Waals surface area contributed by atoms with Gasteiger partial charge in [0.1, 0.15) is 12.1 Å². The number of nitrogens with zero attached hydrogens (tertiary/aromatic N) is 1. The molecule has 1 fully saturated rings. The lowest BCUT2D eigenvalue weighted by Crippen LogP contribution is -2.53. The van der Waals surface area contributed by atoms with Crippen LogP contribution in [0.4, 0.5) is 13.2 Å². The van der Waals surface area contributed by atoms with Gasteiger partial charge in [-0.2, -0.15) is 13.2 Å². The lowest BCUT2D eigenvalue weighted by Gasteiger charge is -2.39. The minimum Gasteiger partial charge on any atom is -0.496 e. The molecule has 3 atom stereocenters. The van der Waals surface area contributed by atoms with E-state index in [-0.39, 0.29) is 18.4 Å². The van der Waals surface area contributed by atoms with Gasteiger partial charge < -0.3 is 4.74 Å². The molecule has 0 bridgehead atoms. The summed E-state index contributed by atoms with van der Waals surface area (Å²) < 4.78 is 42.8. The SMILES string of the molecule is CN1CC2OC=CC2CC1C(F)(F)F. The van der Waals surface area contributed by atoms with Gasteiger partial charge in [0.05, 0.1) is 6.26 Å². The topological polar surface area (TPSA) is 12.5 Å². The Morgan fingerprint density at radius 3 is 2.79 bits per heavy atom. The number of ether oxygens (including phenoxy) is 1. The summed E-state index contributed by atoms with van der Waals surface area (Å²) in [6.07, 6.45) is -0.853. The molecular formula is C9H12F3NO. The predicted octanol–water partition coefficient (Wildman–Crippen LogP) is 1.78. The zero-order valence-electron chi connectivity index (χ0n) is 7.79. The number of halogens is 3. The quantitative estimate of drug-likeness (QED) is 0.600. The number of likely N-dealkylation sites (N-methyl/N-ethyl adjacent to an activating group) is 1. The zero-order valence-corrected chi connectivity index (χ0v) is 7.79. The second-order valence-electron chi connectivity index (χ2n) is 3.90. The average molecular weight is 207 g/mol. The van der Waals surface area contributed by atoms with E-state index in [1.54, 1.807) is 6.08 Å². The fraction of sp³-hybridized carbons (Fsp3) is 0.778. The van der Waals surface area contributed by atoms with Crippen LogP contribution < -0.4 is 0 Å². The molecule has 80 valence electrons. The molecule has 2 rings (SSSR count). The predicted molar refractivity (Wildman–Crippen MR) is 44.6 cm³/mol. The Kier molecular flexibility index (Phi) is 2.21. The second-order valence-corrected chi connectivity index (χ2v) is 3.90. The first kappa shape index (κ1) is 9.83. The fourth-order valence-electron chi connectivity index (χ4n) is 2.11. The second kappa shape index (κ2) is 3.15. The van der Waals surface area contributed by atoms with Crippen molar-refractivity contribution < 1.29 is 17.9 Å². The third-order valence-electron chi connectivity index (χ3n) is 2.93. The number of likely N-dealkylation sites (tertiary alicyclic amines) is 1. The first-order valence-electron chi connectivity index (χ1n) is 4.57. The van der Waals surface area contributed by atoms with Gasteiger partial charge in [-0.1, -0.05) is 0 Å². The molecule has 0 aromatic carbocycles. The van der Waals surface area contributed by atoms with Crippen molar-refractivity contribution in [1.29, 1.82) is 0 Å². The van der Waals surface area contributed by atoms with Gasteiger partial charge in [0.15, 0.2) is 0 Å². The van der Waals surface area contributed by atoms with E-state index in [1.165, 1.54) is 18.2 Å². The van der Waals surface area contributed by atoms with E-state index in [9.17, 15) is 13.2 Å². The van der Waals surface area contributed by atoms with E-state index in [2.05, 4.69) is 0 Å². The molecular weight excluding hydrogens is 195 g/mol. The Hall–Kier alpha value is -0.710. The van der Waals surface area contributed by atoms with Crippen LogP contribution in [-0.4, -0.2) is 36.8 Å². The summed E-state index contributed by atoms with van der Waals surface area (Å²) in [5, 5.41) is 0. The highest BCUT2D eigenvalue weighted by atomic mass is 19.4. The maximum Gasteiger partial charge on any atom is 0.404 e. The smallest absolute Gasteiger partial charge is 0.404 e. The first-order chi connectivity index (χ1) is 6.48. The highest BCUT2D eigenvalue weighted by molar-refractivity contribution is 5.02. The van der Waals surface area contributed by atoms with E-state index in [0.29, 0.717) is 6.54 Å². The van der Waals surface area contributed by atoms with Gasteiger partial charge in [-0.05, 0) is 19.5 Å². The lowest BCUT2D eigenvalue weighted by molar-refractivity contribution is -0.196. The molecule has 2 aliphatic rings. The summed E-state index contributed by atoms with van der Waals surface area (Å²) in [6, 6.07) is -1.32. The number of rotatable bonds is 0. The van der Waals surface area contributed by atoms with E-state index < -0.39 is 12.2 Å². The Balaban J connectivity index is 2.09. The van der Waals surface area contributed by atoms with Crippen LogP contribution in [0.15, 0.2) is 12.3 Å². The fourth-order valence-corrected chi connectivity index (χ4v) is 2.11. The van der Waals surface area contributed by atoms with Crippen LogP contribution in [0.3, 0.4) is 0 Å². The highest BCUT2D eigenvalue weighted by Crippen LogP contribution is 2.36. The summed E-state index contributed by atoms with van der Waals surface area (Å²) in [5.41, 5.74) is 0. The van der Waals surface area contributed by atoms with Crippen LogP contribution >= 0.6 is 0 Å². The van der Waals surface area contributed by atoms with Gasteiger partial charge in [0.25, 0.3) is 0 Å². The molecule has 2 aliphatic heterocycles. The van der Waals surface area contributed by atoms with E-state index in [0.717, 1.165) is 0 Å². The summed E-state index contributed by atoms with van der Waals surface area (Å²) >= 11 is 0. The van der Waals surface area contributed by atoms with Crippen LogP contribution in [0, 0.1) is 5.92 Å². The summed E-state index contributed by atoms with van der Waals surface area (Å²) in [5.74, 6) is -0.0715. The van der Waals surface area contributed by atoms with Gasteiger partial charge in [-0.3, -0.25) is 4.90 Å². The van der Waals surface area contributed by atoms with Crippen molar-refractivity contribution in [3.8, 4) is 0 Å². The largest absolute Gasteiger partial charge is 0.496 e. The molecule has 0 N–H and O–H groups in total. The van der Waals surface area contributed by atoms with Crippen molar-refractivity contribution in [2.24, 2.45) is 5.92 Å². The number of hydrogen-bond donors (Lipinski definition) is 0. The van der Waals surface area contributed by atoms with Crippen LogP contribution in [0.5, 0.6) is 0 Å². The molecule has 0 aromatic heterocycles. The van der Waals surface area contributed by atoms with Crippen LogP contribution in [0.25, 0.3) is 0 Å². The Bertz CT molecular complexity index is 251. The van der Waals surface area contributed by atoms with E-state index in [1.807, 2.05) is 0 Å². The molecule has 0 aliphatic carbocycles. The first-order valence-corrected chi connectivity index (χ1v) is 4.57. The monoisotopic (exact) mass is 207 g/mol. The van der Waals surface area contributed by atoms with Gasteiger partial charge in [0.2, 0.25) is 0 Å². The Morgan fingerprint density at radius 1 is 1.43 bits per heavy atom. The van der Waals surface area contributed by atoms with Crippen molar-refractivity contribution in [3.63, 3.8) is 0 Å². The molecule has 3 unspecified atom stereocenters. The molecule has 1 saturated heterocycles. The Labute approximate surface area is 80.3 Å². The van der Waals surface area contributed by atoms with Gasteiger partial charge in [0, 0.05) is 12.5 Å². The zero-order chi connectivity index (χ0) is 10.3. The molecule has 2 heterocycles. The molecule has 0 aromatic rings. The number of alkyl halides is 3. The molecule has 5 heteroatoms. The normalized spacial score (nSPS) is 38.1. The summed E-state index contributed by atoms with van der Waals surface area (Å²) in [7, 11) is 1.50. The van der Waals surface area contributed by atoms with Crippen LogP contribution in [-0.2, 0) is 4.74 Å². The third kappa shape index (κ3) is 1.61. The molecule has 0 amide bonds. The summed E-state index contributed by atoms with van der Waals surface area (Å²) in [4.78, 5) is 1.33. The highest BCUT2D eigenvalue weighted by Gasteiger charge is 2.48. The summed E-state index contributed by atoms with van der Waals surface area (Å²) in [6.45, 7) is 0.349. The number of hydrogen-bond acceptors (Lipinski definition) is 2. The van der Waals surface area contributed by atoms with Gasteiger partial charge >= 0.3 is 6.18 Å². The van der Waals surface area contributed by atoms with Crippen molar-refractivity contribution in [2.45, 2.75) is 24.7 Å². The maximum atomic E-state index is 12.5. The van der Waals surface area contributed by atoms with Crippen molar-refractivity contribution in [1.82, 2.24) is 4.90 Å². The van der Waals surface area contributed by atoms with Crippen molar-refractivity contribution >= 4 is 0 Å². The lowest BCUT2D eigenvalue weighted by atomic mass is 9.89. The van der Waals surface area contributed by atoms with Crippen molar-refractivity contribution in [2.75, 3.05) is 13.6 Å². The minimum atomic E-state index is -4.13. The third-order valence-corrected chi connectivity index (χ3v) is 2.93. The molecule has 2 nitrogen and oxygen atoms in total. The average Bonchev–Trinajstić information content (AvgIpc) is 2.47. The van der Waals surface area contributed by atoms with E-state index in [4.69, 9.17) is 4.74 Å². The molecule has 0 saturated carbocycles. The van der Waals surface area contributed by atoms with Crippen LogP contribution in [0.2, 0.25) is 0 Å². The van der Waals surface area contributed by atoms with Crippen molar-refractivity contribution in [3.05, 3.63) is 12.3 Å². The maximum absolute atomic E-state index is 12.5.